The number of rotatable bonds is 4. The number of phenols is 2. The third kappa shape index (κ3) is 4.05. The zero-order valence-electron chi connectivity index (χ0n) is 15.0. The van der Waals surface area contributed by atoms with Crippen molar-refractivity contribution in [3.05, 3.63) is 71.8 Å². The molecule has 0 fully saturated rings. The van der Waals surface area contributed by atoms with Gasteiger partial charge in [0.05, 0.1) is 0 Å². The van der Waals surface area contributed by atoms with Gasteiger partial charge in [0.2, 0.25) is 0 Å². The minimum absolute atomic E-state index is 0.0641. The highest BCUT2D eigenvalue weighted by molar-refractivity contribution is 5.37. The summed E-state index contributed by atoms with van der Waals surface area (Å²) in [6, 6.07) is 15.3. The SMILES string of the molecule is CN(C)CC1(c2cccc(O)c2)CC=CCC(c2cccc(O)c2)C1. The van der Waals surface area contributed by atoms with Gasteiger partial charge >= 0.3 is 0 Å². The third-order valence-electron chi connectivity index (χ3n) is 5.15. The van der Waals surface area contributed by atoms with Crippen molar-refractivity contribution in [1.82, 2.24) is 4.90 Å². The quantitative estimate of drug-likeness (QED) is 0.812. The van der Waals surface area contributed by atoms with Gasteiger partial charge in [-0.25, -0.2) is 0 Å². The van der Waals surface area contributed by atoms with E-state index >= 15 is 0 Å². The van der Waals surface area contributed by atoms with Crippen molar-refractivity contribution < 1.29 is 10.2 Å². The molecule has 3 heteroatoms. The zero-order chi connectivity index (χ0) is 17.9. The summed E-state index contributed by atoms with van der Waals surface area (Å²) in [6.45, 7) is 0.913. The second-order valence-corrected chi connectivity index (χ2v) is 7.48. The van der Waals surface area contributed by atoms with Crippen molar-refractivity contribution in [3.8, 4) is 11.5 Å². The molecule has 3 rings (SSSR count). The molecule has 0 bridgehead atoms. The van der Waals surface area contributed by atoms with Gasteiger partial charge in [-0.05, 0) is 74.7 Å². The summed E-state index contributed by atoms with van der Waals surface area (Å²) in [4.78, 5) is 2.22. The number of likely N-dealkylation sites (N-methyl/N-ethyl adjacent to an activating group) is 1. The minimum atomic E-state index is -0.0641. The average molecular weight is 337 g/mol. The first-order chi connectivity index (χ1) is 12.0. The van der Waals surface area contributed by atoms with Gasteiger partial charge < -0.3 is 15.1 Å². The van der Waals surface area contributed by atoms with Crippen molar-refractivity contribution in [2.45, 2.75) is 30.6 Å². The van der Waals surface area contributed by atoms with Gasteiger partial charge in [0.25, 0.3) is 0 Å². The van der Waals surface area contributed by atoms with Crippen LogP contribution in [0.4, 0.5) is 0 Å². The third-order valence-corrected chi connectivity index (χ3v) is 5.15. The molecular weight excluding hydrogens is 310 g/mol. The number of nitrogens with zero attached hydrogens (tertiary/aromatic N) is 1. The molecule has 0 saturated heterocycles. The summed E-state index contributed by atoms with van der Waals surface area (Å²) >= 11 is 0. The maximum Gasteiger partial charge on any atom is 0.115 e. The first-order valence-corrected chi connectivity index (χ1v) is 8.87. The molecule has 0 amide bonds. The number of phenolic OH excluding ortho intramolecular Hbond substituents is 2. The second kappa shape index (κ2) is 7.32. The second-order valence-electron chi connectivity index (χ2n) is 7.48. The highest BCUT2D eigenvalue weighted by atomic mass is 16.3. The Hall–Kier alpha value is -2.26. The maximum absolute atomic E-state index is 10.0. The fourth-order valence-corrected chi connectivity index (χ4v) is 4.14. The molecular formula is C22H27NO2. The molecule has 2 atom stereocenters. The lowest BCUT2D eigenvalue weighted by molar-refractivity contribution is 0.255. The number of benzene rings is 2. The van der Waals surface area contributed by atoms with E-state index in [4.69, 9.17) is 0 Å². The Morgan fingerprint density at radius 1 is 1.00 bits per heavy atom. The molecule has 1 aliphatic carbocycles. The van der Waals surface area contributed by atoms with Crippen LogP contribution in [0.3, 0.4) is 0 Å². The van der Waals surface area contributed by atoms with Gasteiger partial charge in [-0.2, -0.15) is 0 Å². The molecule has 0 heterocycles. The molecule has 0 spiro atoms. The van der Waals surface area contributed by atoms with E-state index < -0.39 is 0 Å². The number of aromatic hydroxyl groups is 2. The maximum atomic E-state index is 10.0. The van der Waals surface area contributed by atoms with Crippen LogP contribution in [0.1, 0.15) is 36.3 Å². The summed E-state index contributed by atoms with van der Waals surface area (Å²) in [5, 5.41) is 19.9. The molecule has 0 aromatic heterocycles. The van der Waals surface area contributed by atoms with Crippen LogP contribution in [0.15, 0.2) is 60.7 Å². The average Bonchev–Trinajstić information content (AvgIpc) is 2.78. The van der Waals surface area contributed by atoms with Gasteiger partial charge in [-0.15, -0.1) is 0 Å². The van der Waals surface area contributed by atoms with Crippen LogP contribution < -0.4 is 0 Å². The van der Waals surface area contributed by atoms with Crippen LogP contribution in [0, 0.1) is 0 Å². The van der Waals surface area contributed by atoms with Crippen molar-refractivity contribution in [2.24, 2.45) is 0 Å². The van der Waals surface area contributed by atoms with Crippen molar-refractivity contribution >= 4 is 0 Å². The normalized spacial score (nSPS) is 23.6. The van der Waals surface area contributed by atoms with E-state index in [1.807, 2.05) is 24.3 Å². The standard InChI is InChI=1S/C22H27NO2/c1-23(2)16-22(19-9-6-11-21(25)14-19)12-4-3-7-18(15-22)17-8-5-10-20(24)13-17/h3-6,8-11,13-14,18,24-25H,7,12,15-16H2,1-2H3. The zero-order valence-corrected chi connectivity index (χ0v) is 15.0. The molecule has 2 aromatic carbocycles. The number of hydrogen-bond donors (Lipinski definition) is 2. The number of hydrogen-bond acceptors (Lipinski definition) is 3. The van der Waals surface area contributed by atoms with Gasteiger partial charge in [-0.3, -0.25) is 0 Å². The van der Waals surface area contributed by atoms with E-state index in [1.54, 1.807) is 12.1 Å². The molecule has 2 N–H and O–H groups in total. The minimum Gasteiger partial charge on any atom is -0.508 e. The molecule has 3 nitrogen and oxygen atoms in total. The van der Waals surface area contributed by atoms with Crippen molar-refractivity contribution in [2.75, 3.05) is 20.6 Å². The predicted molar refractivity (Wildman–Crippen MR) is 102 cm³/mol. The van der Waals surface area contributed by atoms with Crippen LogP contribution in [0.2, 0.25) is 0 Å². The molecule has 25 heavy (non-hydrogen) atoms. The Bertz CT molecular complexity index is 753. The molecule has 1 aliphatic rings. The summed E-state index contributed by atoms with van der Waals surface area (Å²) in [5.41, 5.74) is 2.29. The lowest BCUT2D eigenvalue weighted by Crippen LogP contribution is -2.38. The largest absolute Gasteiger partial charge is 0.508 e. The Kier molecular flexibility index (Phi) is 5.14. The van der Waals surface area contributed by atoms with E-state index in [0.29, 0.717) is 17.4 Å². The lowest BCUT2D eigenvalue weighted by Gasteiger charge is -2.38. The van der Waals surface area contributed by atoms with Crippen molar-refractivity contribution in [3.63, 3.8) is 0 Å². The first kappa shape index (κ1) is 17.6. The molecule has 132 valence electrons. The van der Waals surface area contributed by atoms with Gasteiger partial charge in [0.15, 0.2) is 0 Å². The molecule has 0 saturated carbocycles. The van der Waals surface area contributed by atoms with E-state index in [2.05, 4.69) is 43.3 Å². The van der Waals surface area contributed by atoms with E-state index in [-0.39, 0.29) is 5.41 Å². The van der Waals surface area contributed by atoms with Crippen LogP contribution >= 0.6 is 0 Å². The Balaban J connectivity index is 2.02. The Morgan fingerprint density at radius 2 is 1.72 bits per heavy atom. The monoisotopic (exact) mass is 337 g/mol. The predicted octanol–water partition coefficient (Wildman–Crippen LogP) is 4.42. The molecule has 2 unspecified atom stereocenters. The van der Waals surface area contributed by atoms with Crippen LogP contribution in [0.25, 0.3) is 0 Å². The van der Waals surface area contributed by atoms with E-state index in [0.717, 1.165) is 25.8 Å². The summed E-state index contributed by atoms with van der Waals surface area (Å²) < 4.78 is 0. The molecule has 2 aromatic rings. The van der Waals surface area contributed by atoms with Crippen LogP contribution in [-0.4, -0.2) is 35.8 Å². The lowest BCUT2D eigenvalue weighted by atomic mass is 9.70. The topological polar surface area (TPSA) is 43.7 Å². The fourth-order valence-electron chi connectivity index (χ4n) is 4.14. The van der Waals surface area contributed by atoms with E-state index in [9.17, 15) is 10.2 Å². The first-order valence-electron chi connectivity index (χ1n) is 8.87. The molecule has 0 aliphatic heterocycles. The Labute approximate surface area is 150 Å². The highest BCUT2D eigenvalue weighted by Gasteiger charge is 2.36. The van der Waals surface area contributed by atoms with E-state index in [1.165, 1.54) is 11.1 Å². The number of allylic oxidation sites excluding steroid dienone is 2. The summed E-state index contributed by atoms with van der Waals surface area (Å²) in [7, 11) is 4.20. The van der Waals surface area contributed by atoms with Gasteiger partial charge in [0.1, 0.15) is 11.5 Å². The van der Waals surface area contributed by atoms with Crippen molar-refractivity contribution in [1.29, 1.82) is 0 Å². The van der Waals surface area contributed by atoms with Gasteiger partial charge in [-0.1, -0.05) is 36.4 Å². The summed E-state index contributed by atoms with van der Waals surface area (Å²) in [6.07, 6.45) is 7.43. The van der Waals surface area contributed by atoms with Crippen LogP contribution in [0.5, 0.6) is 11.5 Å². The Morgan fingerprint density at radius 3 is 2.40 bits per heavy atom. The highest BCUT2D eigenvalue weighted by Crippen LogP contribution is 2.43. The van der Waals surface area contributed by atoms with Crippen LogP contribution in [-0.2, 0) is 5.41 Å². The fraction of sp³-hybridized carbons (Fsp3) is 0.364. The summed E-state index contributed by atoms with van der Waals surface area (Å²) in [5.74, 6) is 0.979. The molecule has 0 radical (unpaired) electrons. The smallest absolute Gasteiger partial charge is 0.115 e. The van der Waals surface area contributed by atoms with Gasteiger partial charge in [0, 0.05) is 12.0 Å².